The molecule has 0 aliphatic carbocycles. The number of nitrogens with two attached hydrogens (primary N) is 1. The summed E-state index contributed by atoms with van der Waals surface area (Å²) in [6.07, 6.45) is 4.08. The van der Waals surface area contributed by atoms with Crippen molar-refractivity contribution < 1.29 is 91.3 Å². The first-order chi connectivity index (χ1) is 53.9. The average molecular weight is 1740 g/mol. The van der Waals surface area contributed by atoms with Gasteiger partial charge in [-0.05, 0) is 150 Å². The highest BCUT2D eigenvalue weighted by atomic mass is 79.9. The molecule has 0 spiro atoms. The van der Waals surface area contributed by atoms with Crippen LogP contribution >= 0.6 is 44.3 Å². The zero-order valence-corrected chi connectivity index (χ0v) is 71.1. The topological polar surface area (TPSA) is 303 Å². The second kappa shape index (κ2) is 54.2. The maximum atomic E-state index is 11.7. The molecule has 22 nitrogen and oxygen atoms in total. The van der Waals surface area contributed by atoms with E-state index in [1.54, 1.807) is 37.3 Å². The lowest BCUT2D eigenvalue weighted by molar-refractivity contribution is -0.490. The largest absolute Gasteiger partial charge is 0.506 e. The van der Waals surface area contributed by atoms with E-state index in [2.05, 4.69) is 31.9 Å². The number of hydrogen-bond donors (Lipinski definition) is 5. The number of aryl methyl sites for hydroxylation is 5. The molecular formula is C87H118B3Br2ClN2O20. The Labute approximate surface area is 705 Å². The number of fused-ring (bicyclic) bond motifs is 2. The first kappa shape index (κ1) is 103. The molecular weight excluding hydrogens is 1620 g/mol. The van der Waals surface area contributed by atoms with Gasteiger partial charge in [0.1, 0.15) is 41.1 Å². The van der Waals surface area contributed by atoms with Gasteiger partial charge in [0.05, 0.1) is 92.3 Å². The molecule has 0 aromatic heterocycles. The number of phenols is 1. The zero-order valence-electron chi connectivity index (χ0n) is 67.1. The van der Waals surface area contributed by atoms with Crippen LogP contribution in [0.15, 0.2) is 161 Å². The van der Waals surface area contributed by atoms with Gasteiger partial charge in [-0.2, -0.15) is 0 Å². The van der Waals surface area contributed by atoms with Gasteiger partial charge in [0.15, 0.2) is 12.6 Å². The Bertz CT molecular complexity index is 4180. The number of nitrogens with zero attached hydrogens (tertiary/aromatic N) is 1. The van der Waals surface area contributed by atoms with E-state index in [4.69, 9.17) is 62.6 Å². The van der Waals surface area contributed by atoms with Crippen molar-refractivity contribution in [2.24, 2.45) is 5.73 Å². The van der Waals surface area contributed by atoms with Gasteiger partial charge in [-0.1, -0.05) is 194 Å². The maximum Gasteiger partial charge on any atom is 0.499 e. The van der Waals surface area contributed by atoms with Crippen LogP contribution in [0.25, 0.3) is 0 Å². The Balaban J connectivity index is 0.000000492. The Morgan fingerprint density at radius 1 is 0.478 bits per heavy atom. The van der Waals surface area contributed by atoms with Gasteiger partial charge in [0, 0.05) is 76.8 Å². The van der Waals surface area contributed by atoms with Crippen molar-refractivity contribution in [1.29, 1.82) is 0 Å². The van der Waals surface area contributed by atoms with Gasteiger partial charge in [0.2, 0.25) is 6.54 Å². The van der Waals surface area contributed by atoms with Crippen LogP contribution in [0.4, 0.5) is 0 Å². The summed E-state index contributed by atoms with van der Waals surface area (Å²) in [5, 5.41) is 49.0. The molecule has 0 bridgehead atoms. The number of rotatable bonds is 32. The molecule has 11 rings (SSSR count). The van der Waals surface area contributed by atoms with Crippen molar-refractivity contribution in [3.8, 4) is 28.7 Å². The van der Waals surface area contributed by atoms with Crippen LogP contribution in [-0.4, -0.2) is 143 Å². The lowest BCUT2D eigenvalue weighted by Crippen LogP contribution is -2.41. The number of nitro groups is 1. The molecule has 2 unspecified atom stereocenters. The van der Waals surface area contributed by atoms with Crippen LogP contribution in [0.3, 0.4) is 0 Å². The highest BCUT2D eigenvalue weighted by Crippen LogP contribution is 2.39. The van der Waals surface area contributed by atoms with Gasteiger partial charge < -0.3 is 77.8 Å². The zero-order chi connectivity index (χ0) is 82.3. The Hall–Kier alpha value is -7.83. The molecule has 3 heterocycles. The minimum absolute atomic E-state index is 0. The molecule has 0 radical (unpaired) electrons. The molecule has 2 atom stereocenters. The summed E-state index contributed by atoms with van der Waals surface area (Å²) < 4.78 is 64.7. The summed E-state index contributed by atoms with van der Waals surface area (Å²) in [5.74, 6) is 2.70. The second-order valence-corrected chi connectivity index (χ2v) is 28.3. The number of hydrogen-bond acceptors (Lipinski definition) is 21. The van der Waals surface area contributed by atoms with Crippen molar-refractivity contribution in [3.63, 3.8) is 0 Å². The molecule has 3 aliphatic heterocycles. The number of halogens is 3. The number of aliphatic hydroxyl groups excluding tert-OH is 1. The van der Waals surface area contributed by atoms with E-state index in [9.17, 15) is 39.7 Å². The van der Waals surface area contributed by atoms with E-state index in [0.717, 1.165) is 75.7 Å². The molecule has 6 N–H and O–H groups in total. The van der Waals surface area contributed by atoms with Crippen LogP contribution in [0.1, 0.15) is 195 Å². The molecule has 1 saturated heterocycles. The monoisotopic (exact) mass is 1740 g/mol. The fourth-order valence-electron chi connectivity index (χ4n) is 11.4. The van der Waals surface area contributed by atoms with Gasteiger partial charge in [0.25, 0.3) is 0 Å². The predicted molar refractivity (Wildman–Crippen MR) is 468 cm³/mol. The van der Waals surface area contributed by atoms with Gasteiger partial charge in [-0.3, -0.25) is 24.5 Å². The van der Waals surface area contributed by atoms with Crippen LogP contribution < -0.4 is 41.1 Å². The smallest absolute Gasteiger partial charge is 0.499 e. The third-order valence-electron chi connectivity index (χ3n) is 18.0. The van der Waals surface area contributed by atoms with Crippen LogP contribution in [0, 0.1) is 44.7 Å². The van der Waals surface area contributed by atoms with E-state index in [1.807, 2.05) is 204 Å². The highest BCUT2D eigenvalue weighted by molar-refractivity contribution is 9.11. The second-order valence-electron chi connectivity index (χ2n) is 26.7. The lowest BCUT2D eigenvalue weighted by atomic mass is 9.74. The van der Waals surface area contributed by atoms with Gasteiger partial charge in [-0.25, -0.2) is 0 Å². The number of carbonyl (C=O) groups excluding carboxylic acids is 3. The van der Waals surface area contributed by atoms with Gasteiger partial charge in [-0.15, -0.1) is 12.4 Å². The molecule has 1 fully saturated rings. The summed E-state index contributed by atoms with van der Waals surface area (Å²) >= 11 is 6.53. The Morgan fingerprint density at radius 2 is 0.809 bits per heavy atom. The van der Waals surface area contributed by atoms with E-state index in [1.165, 1.54) is 5.56 Å². The van der Waals surface area contributed by atoms with Crippen molar-refractivity contribution in [2.45, 2.75) is 174 Å². The summed E-state index contributed by atoms with van der Waals surface area (Å²) in [5.41, 5.74) is 17.4. The normalized spacial score (nSPS) is 14.0. The van der Waals surface area contributed by atoms with Crippen molar-refractivity contribution in [3.05, 3.63) is 243 Å². The van der Waals surface area contributed by atoms with Crippen LogP contribution in [-0.2, 0) is 52.6 Å². The van der Waals surface area contributed by atoms with E-state index < -0.39 is 43.6 Å². The first-order valence-electron chi connectivity index (χ1n) is 37.7. The number of phenolic OH excluding ortho intramolecular Hbond substituents is 1. The highest BCUT2D eigenvalue weighted by Gasteiger charge is 2.53. The summed E-state index contributed by atoms with van der Waals surface area (Å²) in [6.45, 7) is 30.8. The molecule has 115 heavy (non-hydrogen) atoms. The Kier molecular flexibility index (Phi) is 48.7. The average Bonchev–Trinajstić information content (AvgIpc) is 1.73. The van der Waals surface area contributed by atoms with E-state index in [-0.39, 0.29) is 52.3 Å². The standard InChI is InChI=1S/C24H31BO5.C19H22BNO6.C18H19BrO3.C12H18BNO4.C8H7BrO2.2C2H6.2CH4.ClH/c1-18-12-13-20(16-26)21(25-29-23(2,3)24(4,5)30-25)22(18)28-15-9-14-27-17-19-10-7-6-8-11-19;1-14-8-9-16-17(12-21(23)24)27-20(22)18(16)19(14)26-11-5-10-25-13-15-6-3-2-4-7-15;1-14-8-9-16(12-20)17(19)18(14)22-11-5-10-21-13-15-6-3-2-4-7-15;1-8-3-4-9-10(7-14)18-13(16)11(9)12(8)17-6-2-5-15;1-5-2-3-6(4-10)7(9)8(5)11;2*1-2;;;/h6-8,10-13,16H,9,14-15,17H2,1-5H3;2-4,6-9,17,22H,5,10-13H2,1H3;2-4,6-9,12H,5,10-11,13H2,1H3;3-4,10,15-16H,2,5-7,14H2,1H3;2-4,11H,1H3;2*1-2H3;2*1H4;1H. The molecule has 626 valence electrons. The number of aldehydes is 3. The van der Waals surface area contributed by atoms with Crippen molar-refractivity contribution >= 4 is 101 Å². The molecule has 8 aromatic carbocycles. The predicted octanol–water partition coefficient (Wildman–Crippen LogP) is 16.2. The number of ether oxygens (including phenoxy) is 7. The molecule has 28 heteroatoms. The number of aromatic hydroxyl groups is 1. The van der Waals surface area contributed by atoms with E-state index in [0.29, 0.717) is 157 Å². The summed E-state index contributed by atoms with van der Waals surface area (Å²) in [7, 11) is -2.86. The number of aliphatic hydroxyl groups is 1. The number of carbonyl (C=O) groups is 3. The third kappa shape index (κ3) is 31.2. The van der Waals surface area contributed by atoms with Crippen molar-refractivity contribution in [2.75, 3.05) is 65.9 Å². The fourth-order valence-corrected chi connectivity index (χ4v) is 12.6. The fraction of sp³-hybridized carbons (Fsp3) is 0.414. The lowest BCUT2D eigenvalue weighted by Gasteiger charge is -2.32. The minimum Gasteiger partial charge on any atom is -0.506 e. The maximum absolute atomic E-state index is 11.7. The third-order valence-corrected chi connectivity index (χ3v) is 19.7. The summed E-state index contributed by atoms with van der Waals surface area (Å²) in [4.78, 5) is 43.4. The molecule has 3 aliphatic rings. The van der Waals surface area contributed by atoms with Crippen LogP contribution in [0.2, 0.25) is 0 Å². The molecule has 0 amide bonds. The van der Waals surface area contributed by atoms with Gasteiger partial charge >= 0.3 is 21.4 Å². The molecule has 8 aromatic rings. The van der Waals surface area contributed by atoms with E-state index >= 15 is 0 Å². The Morgan fingerprint density at radius 3 is 1.19 bits per heavy atom. The van der Waals surface area contributed by atoms with Crippen LogP contribution in [0.5, 0.6) is 28.7 Å². The minimum atomic E-state index is -1.21. The first-order valence-corrected chi connectivity index (χ1v) is 39.3. The summed E-state index contributed by atoms with van der Waals surface area (Å²) in [6, 6.07) is 48.2. The SMILES string of the molecule is C.C.CC.CC.Cc1ccc(C=O)c(B2OC(C)(C)C(C)(C)O2)c1OCCCOCc1ccccc1.Cc1ccc(C=O)c(Br)c1O.Cc1ccc(C=O)c(Br)c1OCCCOCc1ccccc1.Cc1ccc2c(c1OCCCO)B(O)OC2CN.Cc1ccc2c(c1OCCCOCc1ccccc1)B(O)OC2C[N+](=O)[O-].Cl. The number of benzene rings is 8. The van der Waals surface area contributed by atoms with Crippen molar-refractivity contribution in [1.82, 2.24) is 0 Å². The molecule has 0 saturated carbocycles. The quantitative estimate of drug-likeness (QED) is 0.00860.